The van der Waals surface area contributed by atoms with Crippen molar-refractivity contribution in [1.29, 1.82) is 5.41 Å². The van der Waals surface area contributed by atoms with Crippen molar-refractivity contribution in [1.82, 2.24) is 14.8 Å². The molecule has 0 saturated heterocycles. The second-order valence-electron chi connectivity index (χ2n) is 6.95. The van der Waals surface area contributed by atoms with E-state index in [9.17, 15) is 4.79 Å². The molecular formula is C25H21N5O. The second kappa shape index (κ2) is 9.00. The number of aryl methyl sites for hydroxylation is 1. The van der Waals surface area contributed by atoms with E-state index in [0.29, 0.717) is 5.70 Å². The van der Waals surface area contributed by atoms with Crippen LogP contribution >= 0.6 is 0 Å². The molecule has 0 unspecified atom stereocenters. The van der Waals surface area contributed by atoms with Crippen LogP contribution in [0.5, 0.6) is 0 Å². The van der Waals surface area contributed by atoms with Crippen LogP contribution in [0.1, 0.15) is 11.3 Å². The first-order valence-corrected chi connectivity index (χ1v) is 9.80. The number of hydrogen-bond acceptors (Lipinski definition) is 5. The van der Waals surface area contributed by atoms with Gasteiger partial charge in [0.2, 0.25) is 5.43 Å². The zero-order valence-corrected chi connectivity index (χ0v) is 17.0. The van der Waals surface area contributed by atoms with Crippen molar-refractivity contribution in [2.75, 3.05) is 5.32 Å². The number of benzene rings is 2. The molecule has 0 aliphatic carbocycles. The number of allylic oxidation sites excluding steroid dienone is 1. The monoisotopic (exact) mass is 407 g/mol. The predicted octanol–water partition coefficient (Wildman–Crippen LogP) is 4.71. The van der Waals surface area contributed by atoms with Gasteiger partial charge in [-0.3, -0.25) is 9.78 Å². The molecular weight excluding hydrogens is 386 g/mol. The van der Waals surface area contributed by atoms with Crippen LogP contribution < -0.4 is 10.7 Å². The minimum absolute atomic E-state index is 0.223. The summed E-state index contributed by atoms with van der Waals surface area (Å²) >= 11 is 0. The number of nitrogens with one attached hydrogen (secondary N) is 2. The van der Waals surface area contributed by atoms with Crippen molar-refractivity contribution in [3.05, 3.63) is 113 Å². The molecule has 0 atom stereocenters. The molecule has 4 rings (SSSR count). The SMILES string of the molecule is Cc1cc(-c2ccncc2)ccc1-n1ccc(=O)c(/C(=C/C=N)Nc2ccccc2)n1. The van der Waals surface area contributed by atoms with Crippen LogP contribution in [0, 0.1) is 12.3 Å². The van der Waals surface area contributed by atoms with Crippen LogP contribution in [0.2, 0.25) is 0 Å². The van der Waals surface area contributed by atoms with E-state index < -0.39 is 0 Å². The number of para-hydroxylation sites is 1. The van der Waals surface area contributed by atoms with Gasteiger partial charge in [-0.15, -0.1) is 0 Å². The molecule has 6 heteroatoms. The minimum Gasteiger partial charge on any atom is -0.354 e. The molecule has 0 amide bonds. The van der Waals surface area contributed by atoms with E-state index in [2.05, 4.69) is 21.5 Å². The molecule has 31 heavy (non-hydrogen) atoms. The number of rotatable bonds is 6. The summed E-state index contributed by atoms with van der Waals surface area (Å²) in [4.78, 5) is 16.7. The number of hydrogen-bond donors (Lipinski definition) is 2. The Kier molecular flexibility index (Phi) is 5.80. The van der Waals surface area contributed by atoms with E-state index in [-0.39, 0.29) is 11.1 Å². The number of anilines is 1. The third-order valence-electron chi connectivity index (χ3n) is 4.82. The summed E-state index contributed by atoms with van der Waals surface area (Å²) < 4.78 is 1.69. The van der Waals surface area contributed by atoms with Crippen molar-refractivity contribution < 1.29 is 0 Å². The third-order valence-corrected chi connectivity index (χ3v) is 4.82. The minimum atomic E-state index is -0.223. The Hall–Kier alpha value is -4.32. The van der Waals surface area contributed by atoms with E-state index in [1.807, 2.05) is 61.5 Å². The van der Waals surface area contributed by atoms with Crippen LogP contribution in [0.15, 0.2) is 96.2 Å². The average Bonchev–Trinajstić information content (AvgIpc) is 2.80. The molecule has 0 radical (unpaired) electrons. The van der Waals surface area contributed by atoms with Crippen molar-refractivity contribution >= 4 is 17.6 Å². The van der Waals surface area contributed by atoms with Gasteiger partial charge in [0.25, 0.3) is 0 Å². The Morgan fingerprint density at radius 1 is 1.00 bits per heavy atom. The number of pyridine rings is 1. The Balaban J connectivity index is 1.73. The summed E-state index contributed by atoms with van der Waals surface area (Å²) in [5, 5.41) is 15.3. The normalized spacial score (nSPS) is 11.2. The molecule has 152 valence electrons. The molecule has 2 aromatic heterocycles. The van der Waals surface area contributed by atoms with Crippen LogP contribution in [-0.2, 0) is 0 Å². The Morgan fingerprint density at radius 2 is 1.77 bits per heavy atom. The van der Waals surface area contributed by atoms with E-state index in [1.54, 1.807) is 23.3 Å². The van der Waals surface area contributed by atoms with Crippen LogP contribution in [0.4, 0.5) is 5.69 Å². The fraction of sp³-hybridized carbons (Fsp3) is 0.0400. The highest BCUT2D eigenvalue weighted by atomic mass is 16.1. The first-order valence-electron chi connectivity index (χ1n) is 9.80. The molecule has 2 aromatic carbocycles. The fourth-order valence-electron chi connectivity index (χ4n) is 3.30. The van der Waals surface area contributed by atoms with Gasteiger partial charge in [0, 0.05) is 36.6 Å². The maximum atomic E-state index is 12.6. The van der Waals surface area contributed by atoms with Gasteiger partial charge in [-0.25, -0.2) is 4.68 Å². The summed E-state index contributed by atoms with van der Waals surface area (Å²) in [7, 11) is 0. The summed E-state index contributed by atoms with van der Waals surface area (Å²) in [5.41, 5.74) is 5.35. The van der Waals surface area contributed by atoms with E-state index in [4.69, 9.17) is 5.41 Å². The van der Waals surface area contributed by atoms with E-state index in [0.717, 1.165) is 34.3 Å². The van der Waals surface area contributed by atoms with E-state index in [1.165, 1.54) is 12.1 Å². The molecule has 2 N–H and O–H groups in total. The van der Waals surface area contributed by atoms with Gasteiger partial charge in [-0.05, 0) is 66.1 Å². The first-order chi connectivity index (χ1) is 15.2. The highest BCUT2D eigenvalue weighted by Gasteiger charge is 2.12. The largest absolute Gasteiger partial charge is 0.354 e. The fourth-order valence-corrected chi connectivity index (χ4v) is 3.30. The topological polar surface area (TPSA) is 83.7 Å². The van der Waals surface area contributed by atoms with Gasteiger partial charge in [-0.2, -0.15) is 5.10 Å². The van der Waals surface area contributed by atoms with Gasteiger partial charge in [-0.1, -0.05) is 24.3 Å². The third kappa shape index (κ3) is 4.48. The van der Waals surface area contributed by atoms with Crippen LogP contribution in [0.3, 0.4) is 0 Å². The van der Waals surface area contributed by atoms with Gasteiger partial charge < -0.3 is 10.7 Å². The molecule has 0 bridgehead atoms. The Bertz CT molecular complexity index is 1290. The van der Waals surface area contributed by atoms with Crippen LogP contribution in [0.25, 0.3) is 22.5 Å². The van der Waals surface area contributed by atoms with E-state index >= 15 is 0 Å². The Morgan fingerprint density at radius 3 is 2.48 bits per heavy atom. The van der Waals surface area contributed by atoms with Gasteiger partial charge >= 0.3 is 0 Å². The molecule has 6 nitrogen and oxygen atoms in total. The molecule has 0 spiro atoms. The lowest BCUT2D eigenvalue weighted by Gasteiger charge is -2.14. The lowest BCUT2D eigenvalue weighted by atomic mass is 10.0. The molecule has 2 heterocycles. The van der Waals surface area contributed by atoms with Crippen molar-refractivity contribution in [3.8, 4) is 16.8 Å². The highest BCUT2D eigenvalue weighted by molar-refractivity contribution is 5.86. The zero-order chi connectivity index (χ0) is 21.6. The predicted molar refractivity (Wildman–Crippen MR) is 125 cm³/mol. The molecule has 0 aliphatic heterocycles. The van der Waals surface area contributed by atoms with Crippen molar-refractivity contribution in [2.45, 2.75) is 6.92 Å². The molecule has 0 aliphatic rings. The average molecular weight is 407 g/mol. The molecule has 0 saturated carbocycles. The number of aromatic nitrogens is 3. The molecule has 0 fully saturated rings. The maximum absolute atomic E-state index is 12.6. The maximum Gasteiger partial charge on any atom is 0.209 e. The van der Waals surface area contributed by atoms with Crippen molar-refractivity contribution in [2.24, 2.45) is 0 Å². The standard InChI is InChI=1S/C25H21N5O/c1-18-17-20(19-10-14-27-15-11-19)7-8-23(18)30-16-12-24(31)25(29-30)22(9-13-26)28-21-5-3-2-4-6-21/h2-17,26,28H,1H3/b22-9-,26-13?. The van der Waals surface area contributed by atoms with Gasteiger partial charge in [0.15, 0.2) is 5.69 Å². The quantitative estimate of drug-likeness (QED) is 0.454. The zero-order valence-electron chi connectivity index (χ0n) is 17.0. The van der Waals surface area contributed by atoms with Gasteiger partial charge in [0.05, 0.1) is 11.4 Å². The smallest absolute Gasteiger partial charge is 0.209 e. The molecule has 4 aromatic rings. The van der Waals surface area contributed by atoms with Crippen molar-refractivity contribution in [3.63, 3.8) is 0 Å². The summed E-state index contributed by atoms with van der Waals surface area (Å²) in [6.07, 6.45) is 7.86. The lowest BCUT2D eigenvalue weighted by Crippen LogP contribution is -2.18. The van der Waals surface area contributed by atoms with Gasteiger partial charge in [0.1, 0.15) is 0 Å². The second-order valence-corrected chi connectivity index (χ2v) is 6.95. The Labute approximate surface area is 180 Å². The lowest BCUT2D eigenvalue weighted by molar-refractivity contribution is 0.819. The summed E-state index contributed by atoms with van der Waals surface area (Å²) in [6.45, 7) is 2.01. The highest BCUT2D eigenvalue weighted by Crippen LogP contribution is 2.23. The first kappa shape index (κ1) is 20.0. The van der Waals surface area contributed by atoms with Crippen LogP contribution in [-0.4, -0.2) is 21.0 Å². The number of nitrogens with zero attached hydrogens (tertiary/aromatic N) is 3. The summed E-state index contributed by atoms with van der Waals surface area (Å²) in [6, 6.07) is 21.0. The summed E-state index contributed by atoms with van der Waals surface area (Å²) in [5.74, 6) is 0.